The maximum atomic E-state index is 12.5. The average molecular weight is 432 g/mol. The van der Waals surface area contributed by atoms with Crippen LogP contribution in [0.5, 0.6) is 0 Å². The first kappa shape index (κ1) is 20.9. The summed E-state index contributed by atoms with van der Waals surface area (Å²) < 4.78 is 6.67. The highest BCUT2D eigenvalue weighted by Gasteiger charge is 2.23. The number of halogens is 2. The first-order valence-electron chi connectivity index (χ1n) is 8.83. The number of esters is 1. The minimum Gasteiger partial charge on any atom is -0.452 e. The van der Waals surface area contributed by atoms with Crippen LogP contribution in [0, 0.1) is 6.92 Å². The van der Waals surface area contributed by atoms with E-state index in [1.807, 2.05) is 36.4 Å². The predicted octanol–water partition coefficient (Wildman–Crippen LogP) is 4.37. The summed E-state index contributed by atoms with van der Waals surface area (Å²) in [7, 11) is 1.62. The van der Waals surface area contributed by atoms with Gasteiger partial charge in [0.05, 0.1) is 12.2 Å². The number of amides is 1. The van der Waals surface area contributed by atoms with Gasteiger partial charge in [-0.3, -0.25) is 4.79 Å². The summed E-state index contributed by atoms with van der Waals surface area (Å²) in [5.41, 5.74) is 2.07. The van der Waals surface area contributed by atoms with Gasteiger partial charge in [0.1, 0.15) is 10.7 Å². The molecular weight excluding hydrogens is 413 g/mol. The monoisotopic (exact) mass is 431 g/mol. The SMILES string of the molecule is Cc1nn(Cc2ccccc2Cl)c(Cl)c1C(=O)OCC(=O)N(C)c1ccccc1. The summed E-state index contributed by atoms with van der Waals surface area (Å²) in [5, 5.41) is 5.02. The number of ether oxygens (including phenoxy) is 1. The highest BCUT2D eigenvalue weighted by Crippen LogP contribution is 2.24. The molecule has 0 saturated heterocycles. The molecule has 6 nitrogen and oxygen atoms in total. The molecule has 0 atom stereocenters. The molecule has 150 valence electrons. The summed E-state index contributed by atoms with van der Waals surface area (Å²) >= 11 is 12.5. The zero-order valence-corrected chi connectivity index (χ0v) is 17.4. The minimum atomic E-state index is -0.701. The molecule has 0 saturated carbocycles. The molecule has 1 aromatic heterocycles. The molecule has 8 heteroatoms. The van der Waals surface area contributed by atoms with Crippen LogP contribution < -0.4 is 4.90 Å². The van der Waals surface area contributed by atoms with E-state index in [1.54, 1.807) is 32.2 Å². The van der Waals surface area contributed by atoms with E-state index in [0.717, 1.165) is 5.56 Å². The molecule has 0 aliphatic carbocycles. The number of carbonyl (C=O) groups excluding carboxylic acids is 2. The van der Waals surface area contributed by atoms with Crippen molar-refractivity contribution in [2.24, 2.45) is 0 Å². The van der Waals surface area contributed by atoms with Crippen LogP contribution in [0.2, 0.25) is 10.2 Å². The van der Waals surface area contributed by atoms with Crippen LogP contribution in [0.3, 0.4) is 0 Å². The lowest BCUT2D eigenvalue weighted by molar-refractivity contribution is -0.121. The fraction of sp³-hybridized carbons (Fsp3) is 0.190. The van der Waals surface area contributed by atoms with E-state index in [9.17, 15) is 9.59 Å². The summed E-state index contributed by atoms with van der Waals surface area (Å²) in [6.45, 7) is 1.56. The lowest BCUT2D eigenvalue weighted by atomic mass is 10.2. The number of aryl methyl sites for hydroxylation is 1. The van der Waals surface area contributed by atoms with Gasteiger partial charge in [-0.1, -0.05) is 59.6 Å². The fourth-order valence-electron chi connectivity index (χ4n) is 2.77. The lowest BCUT2D eigenvalue weighted by Crippen LogP contribution is -2.31. The number of hydrogen-bond acceptors (Lipinski definition) is 4. The van der Waals surface area contributed by atoms with Crippen LogP contribution in [-0.2, 0) is 16.1 Å². The molecule has 2 aromatic carbocycles. The van der Waals surface area contributed by atoms with E-state index in [1.165, 1.54) is 9.58 Å². The first-order chi connectivity index (χ1) is 13.9. The molecule has 1 amide bonds. The van der Waals surface area contributed by atoms with Crippen molar-refractivity contribution < 1.29 is 14.3 Å². The molecule has 3 rings (SSSR count). The average Bonchev–Trinajstić information content (AvgIpc) is 3.00. The zero-order chi connectivity index (χ0) is 21.0. The maximum Gasteiger partial charge on any atom is 0.343 e. The Bertz CT molecular complexity index is 1030. The third-order valence-electron chi connectivity index (χ3n) is 4.39. The Labute approximate surface area is 178 Å². The van der Waals surface area contributed by atoms with Gasteiger partial charge in [0.2, 0.25) is 0 Å². The van der Waals surface area contributed by atoms with Crippen LogP contribution in [0.25, 0.3) is 0 Å². The van der Waals surface area contributed by atoms with E-state index in [0.29, 0.717) is 22.9 Å². The van der Waals surface area contributed by atoms with E-state index < -0.39 is 12.6 Å². The molecule has 0 N–H and O–H groups in total. The van der Waals surface area contributed by atoms with Crippen molar-refractivity contribution in [3.63, 3.8) is 0 Å². The van der Waals surface area contributed by atoms with Crippen LogP contribution >= 0.6 is 23.2 Å². The second kappa shape index (κ2) is 9.11. The summed E-state index contributed by atoms with van der Waals surface area (Å²) in [5.74, 6) is -1.06. The maximum absolute atomic E-state index is 12.5. The Hall–Kier alpha value is -2.83. The van der Waals surface area contributed by atoms with E-state index in [2.05, 4.69) is 5.10 Å². The van der Waals surface area contributed by atoms with Crippen LogP contribution in [0.4, 0.5) is 5.69 Å². The smallest absolute Gasteiger partial charge is 0.343 e. The Morgan fingerprint density at radius 1 is 1.07 bits per heavy atom. The Morgan fingerprint density at radius 2 is 1.72 bits per heavy atom. The summed E-state index contributed by atoms with van der Waals surface area (Å²) in [4.78, 5) is 26.3. The fourth-order valence-corrected chi connectivity index (χ4v) is 3.28. The van der Waals surface area contributed by atoms with Crippen LogP contribution in [-0.4, -0.2) is 35.3 Å². The molecule has 0 fully saturated rings. The van der Waals surface area contributed by atoms with E-state index in [-0.39, 0.29) is 16.6 Å². The van der Waals surface area contributed by atoms with Crippen molar-refractivity contribution in [1.82, 2.24) is 9.78 Å². The van der Waals surface area contributed by atoms with Gasteiger partial charge < -0.3 is 9.64 Å². The molecule has 0 unspecified atom stereocenters. The largest absolute Gasteiger partial charge is 0.452 e. The highest BCUT2D eigenvalue weighted by molar-refractivity contribution is 6.33. The number of rotatable bonds is 6. The molecular formula is C21H19Cl2N3O3. The number of nitrogens with zero attached hydrogens (tertiary/aromatic N) is 3. The number of likely N-dealkylation sites (N-methyl/N-ethyl adjacent to an activating group) is 1. The Kier molecular flexibility index (Phi) is 6.56. The van der Waals surface area contributed by atoms with Gasteiger partial charge in [-0.2, -0.15) is 5.10 Å². The van der Waals surface area contributed by atoms with Crippen molar-refractivity contribution in [2.75, 3.05) is 18.6 Å². The number of carbonyl (C=O) groups is 2. The van der Waals surface area contributed by atoms with Crippen molar-refractivity contribution >= 4 is 40.8 Å². The van der Waals surface area contributed by atoms with Gasteiger partial charge in [0.25, 0.3) is 5.91 Å². The molecule has 0 spiro atoms. The molecule has 0 radical (unpaired) electrons. The number of benzene rings is 2. The van der Waals surface area contributed by atoms with Crippen LogP contribution in [0.15, 0.2) is 54.6 Å². The Balaban J connectivity index is 1.69. The predicted molar refractivity (Wildman–Crippen MR) is 113 cm³/mol. The standard InChI is InChI=1S/C21H19Cl2N3O3/c1-14-19(20(23)26(24-14)12-15-8-6-7-11-17(15)22)21(28)29-13-18(27)25(2)16-9-4-3-5-10-16/h3-11H,12-13H2,1-2H3. The van der Waals surface area contributed by atoms with Crippen molar-refractivity contribution in [1.29, 1.82) is 0 Å². The van der Waals surface area contributed by atoms with Gasteiger partial charge in [-0.05, 0) is 30.7 Å². The molecule has 0 bridgehead atoms. The normalized spacial score (nSPS) is 10.6. The van der Waals surface area contributed by atoms with Crippen molar-refractivity contribution in [3.05, 3.63) is 81.6 Å². The Morgan fingerprint density at radius 3 is 2.41 bits per heavy atom. The van der Waals surface area contributed by atoms with Gasteiger partial charge in [-0.25, -0.2) is 9.48 Å². The van der Waals surface area contributed by atoms with Crippen molar-refractivity contribution in [3.8, 4) is 0 Å². The summed E-state index contributed by atoms with van der Waals surface area (Å²) in [6, 6.07) is 16.4. The van der Waals surface area contributed by atoms with Gasteiger partial charge in [-0.15, -0.1) is 0 Å². The molecule has 0 aliphatic heterocycles. The quantitative estimate of drug-likeness (QED) is 0.543. The van der Waals surface area contributed by atoms with Gasteiger partial charge in [0, 0.05) is 17.8 Å². The number of aromatic nitrogens is 2. The topological polar surface area (TPSA) is 64.4 Å². The van der Waals surface area contributed by atoms with Crippen LogP contribution in [0.1, 0.15) is 21.6 Å². The zero-order valence-electron chi connectivity index (χ0n) is 15.9. The molecule has 0 aliphatic rings. The molecule has 1 heterocycles. The van der Waals surface area contributed by atoms with Gasteiger partial charge >= 0.3 is 5.97 Å². The third kappa shape index (κ3) is 4.78. The van der Waals surface area contributed by atoms with E-state index >= 15 is 0 Å². The van der Waals surface area contributed by atoms with E-state index in [4.69, 9.17) is 27.9 Å². The second-order valence-corrected chi connectivity index (χ2v) is 7.13. The summed E-state index contributed by atoms with van der Waals surface area (Å²) in [6.07, 6.45) is 0. The third-order valence-corrected chi connectivity index (χ3v) is 5.14. The van der Waals surface area contributed by atoms with Crippen molar-refractivity contribution in [2.45, 2.75) is 13.5 Å². The minimum absolute atomic E-state index is 0.133. The first-order valence-corrected chi connectivity index (χ1v) is 9.59. The second-order valence-electron chi connectivity index (χ2n) is 6.36. The lowest BCUT2D eigenvalue weighted by Gasteiger charge is -2.17. The molecule has 29 heavy (non-hydrogen) atoms. The number of anilines is 1. The molecule has 3 aromatic rings. The van der Waals surface area contributed by atoms with Gasteiger partial charge in [0.15, 0.2) is 6.61 Å². The highest BCUT2D eigenvalue weighted by atomic mass is 35.5. The number of para-hydroxylation sites is 1. The number of hydrogen-bond donors (Lipinski definition) is 0.